The Kier molecular flexibility index (Phi) is 3.17. The molecule has 5 nitrogen and oxygen atoms in total. The molecule has 0 bridgehead atoms. The SMILES string of the molecule is Cc1c(C=O)c(O)cc(Br)c1S(=O)(=O)O. The molecular formula is C8H7BrO5S. The number of phenolic OH excluding ortho intramolecular Hbond substituents is 1. The summed E-state index contributed by atoms with van der Waals surface area (Å²) < 4.78 is 30.9. The van der Waals surface area contributed by atoms with Crippen LogP contribution in [0.15, 0.2) is 15.4 Å². The van der Waals surface area contributed by atoms with Gasteiger partial charge < -0.3 is 5.11 Å². The van der Waals surface area contributed by atoms with Crippen LogP contribution in [0.4, 0.5) is 0 Å². The first-order valence-electron chi connectivity index (χ1n) is 3.73. The topological polar surface area (TPSA) is 91.7 Å². The summed E-state index contributed by atoms with van der Waals surface area (Å²) in [5.41, 5.74) is -0.162. The van der Waals surface area contributed by atoms with E-state index < -0.39 is 15.0 Å². The molecule has 0 heterocycles. The van der Waals surface area contributed by atoms with Gasteiger partial charge in [0.1, 0.15) is 10.6 Å². The van der Waals surface area contributed by atoms with Crippen LogP contribution >= 0.6 is 15.9 Å². The molecule has 1 aromatic carbocycles. The Morgan fingerprint density at radius 1 is 1.47 bits per heavy atom. The number of carbonyl (C=O) groups is 1. The van der Waals surface area contributed by atoms with Gasteiger partial charge in [-0.15, -0.1) is 0 Å². The molecule has 0 unspecified atom stereocenters. The molecule has 0 amide bonds. The summed E-state index contributed by atoms with van der Waals surface area (Å²) in [5.74, 6) is -0.346. The number of rotatable bonds is 2. The molecule has 0 fully saturated rings. The van der Waals surface area contributed by atoms with Crippen LogP contribution in [-0.4, -0.2) is 24.4 Å². The van der Waals surface area contributed by atoms with Crippen LogP contribution in [0.25, 0.3) is 0 Å². The smallest absolute Gasteiger partial charge is 0.295 e. The molecule has 1 aromatic rings. The van der Waals surface area contributed by atoms with Crippen molar-refractivity contribution in [2.75, 3.05) is 0 Å². The van der Waals surface area contributed by atoms with Crippen LogP contribution in [0.5, 0.6) is 5.75 Å². The molecule has 0 radical (unpaired) electrons. The molecular weight excluding hydrogens is 288 g/mol. The van der Waals surface area contributed by atoms with E-state index in [9.17, 15) is 18.3 Å². The van der Waals surface area contributed by atoms with Gasteiger partial charge in [-0.05, 0) is 34.5 Å². The Bertz CT molecular complexity index is 520. The second-order valence-electron chi connectivity index (χ2n) is 2.84. The largest absolute Gasteiger partial charge is 0.507 e. The summed E-state index contributed by atoms with van der Waals surface area (Å²) in [5, 5.41) is 9.32. The van der Waals surface area contributed by atoms with E-state index in [4.69, 9.17) is 4.55 Å². The number of aldehydes is 1. The molecule has 0 saturated carbocycles. The lowest BCUT2D eigenvalue weighted by Gasteiger charge is -2.09. The van der Waals surface area contributed by atoms with Gasteiger partial charge in [-0.1, -0.05) is 0 Å². The standard InChI is InChI=1S/C8H7BrO5S/c1-4-5(3-10)7(11)2-6(9)8(4)15(12,13)14/h2-3,11H,1H3,(H,12,13,14). The zero-order valence-electron chi connectivity index (χ0n) is 7.56. The van der Waals surface area contributed by atoms with Crippen molar-refractivity contribution in [2.24, 2.45) is 0 Å². The first-order chi connectivity index (χ1) is 6.79. The zero-order chi connectivity index (χ0) is 11.8. The van der Waals surface area contributed by atoms with Crippen LogP contribution in [0.1, 0.15) is 15.9 Å². The summed E-state index contributed by atoms with van der Waals surface area (Å²) in [6.45, 7) is 1.32. The predicted octanol–water partition coefficient (Wildman–Crippen LogP) is 1.52. The highest BCUT2D eigenvalue weighted by Crippen LogP contribution is 2.32. The van der Waals surface area contributed by atoms with Gasteiger partial charge in [0.2, 0.25) is 0 Å². The van der Waals surface area contributed by atoms with Crippen LogP contribution in [-0.2, 0) is 10.1 Å². The van der Waals surface area contributed by atoms with Crippen LogP contribution in [0, 0.1) is 6.92 Å². The van der Waals surface area contributed by atoms with E-state index in [1.807, 2.05) is 0 Å². The van der Waals surface area contributed by atoms with Gasteiger partial charge >= 0.3 is 0 Å². The lowest BCUT2D eigenvalue weighted by atomic mass is 10.1. The Hall–Kier alpha value is -0.920. The number of benzene rings is 1. The molecule has 0 saturated heterocycles. The number of hydrogen-bond donors (Lipinski definition) is 2. The van der Waals surface area contributed by atoms with Crippen molar-refractivity contribution < 1.29 is 22.9 Å². The Balaban J connectivity index is 3.76. The average Bonchev–Trinajstić information content (AvgIpc) is 2.00. The first-order valence-corrected chi connectivity index (χ1v) is 5.97. The molecule has 15 heavy (non-hydrogen) atoms. The van der Waals surface area contributed by atoms with Crippen molar-refractivity contribution in [3.8, 4) is 5.75 Å². The van der Waals surface area contributed by atoms with E-state index in [0.717, 1.165) is 6.07 Å². The number of halogens is 1. The van der Waals surface area contributed by atoms with Gasteiger partial charge in [0, 0.05) is 4.47 Å². The quantitative estimate of drug-likeness (QED) is 0.637. The van der Waals surface area contributed by atoms with E-state index >= 15 is 0 Å². The van der Waals surface area contributed by atoms with E-state index in [-0.39, 0.29) is 21.3 Å². The highest BCUT2D eigenvalue weighted by molar-refractivity contribution is 9.10. The minimum absolute atomic E-state index is 0.000579. The minimum Gasteiger partial charge on any atom is -0.507 e. The fourth-order valence-corrected chi connectivity index (χ4v) is 3.15. The summed E-state index contributed by atoms with van der Waals surface area (Å²) in [6.07, 6.45) is 0.325. The summed E-state index contributed by atoms with van der Waals surface area (Å²) in [4.78, 5) is 10.2. The molecule has 0 aromatic heterocycles. The Morgan fingerprint density at radius 3 is 2.40 bits per heavy atom. The van der Waals surface area contributed by atoms with Crippen molar-refractivity contribution in [1.82, 2.24) is 0 Å². The molecule has 7 heteroatoms. The molecule has 2 N–H and O–H groups in total. The van der Waals surface area contributed by atoms with Crippen molar-refractivity contribution >= 4 is 32.3 Å². The average molecular weight is 295 g/mol. The zero-order valence-corrected chi connectivity index (χ0v) is 9.96. The molecule has 1 rings (SSSR count). The van der Waals surface area contributed by atoms with Crippen molar-refractivity contribution in [2.45, 2.75) is 11.8 Å². The lowest BCUT2D eigenvalue weighted by Crippen LogP contribution is -2.04. The fraction of sp³-hybridized carbons (Fsp3) is 0.125. The number of carbonyl (C=O) groups excluding carboxylic acids is 1. The monoisotopic (exact) mass is 294 g/mol. The maximum Gasteiger partial charge on any atom is 0.295 e. The van der Waals surface area contributed by atoms with E-state index in [1.54, 1.807) is 0 Å². The molecule has 0 aliphatic carbocycles. The normalized spacial score (nSPS) is 11.4. The second kappa shape index (κ2) is 3.92. The lowest BCUT2D eigenvalue weighted by molar-refractivity contribution is 0.112. The Morgan fingerprint density at radius 2 is 2.00 bits per heavy atom. The van der Waals surface area contributed by atoms with E-state index in [2.05, 4.69) is 15.9 Å². The number of hydrogen-bond acceptors (Lipinski definition) is 4. The fourth-order valence-electron chi connectivity index (χ4n) is 1.22. The third kappa shape index (κ3) is 2.19. The second-order valence-corrected chi connectivity index (χ2v) is 5.05. The van der Waals surface area contributed by atoms with Gasteiger partial charge in [0.05, 0.1) is 5.56 Å². The molecule has 0 atom stereocenters. The molecule has 82 valence electrons. The molecule has 0 aliphatic heterocycles. The van der Waals surface area contributed by atoms with Gasteiger partial charge in [0.25, 0.3) is 10.1 Å². The highest BCUT2D eigenvalue weighted by atomic mass is 79.9. The van der Waals surface area contributed by atoms with Crippen molar-refractivity contribution in [3.63, 3.8) is 0 Å². The van der Waals surface area contributed by atoms with Gasteiger partial charge in [-0.2, -0.15) is 8.42 Å². The number of aromatic hydroxyl groups is 1. The van der Waals surface area contributed by atoms with Gasteiger partial charge in [0.15, 0.2) is 6.29 Å². The molecule has 0 aliphatic rings. The van der Waals surface area contributed by atoms with Gasteiger partial charge in [-0.25, -0.2) is 0 Å². The maximum absolute atomic E-state index is 11.0. The maximum atomic E-state index is 11.0. The minimum atomic E-state index is -4.43. The van der Waals surface area contributed by atoms with Gasteiger partial charge in [-0.3, -0.25) is 9.35 Å². The third-order valence-electron chi connectivity index (χ3n) is 1.88. The van der Waals surface area contributed by atoms with E-state index in [1.165, 1.54) is 6.92 Å². The third-order valence-corrected chi connectivity index (χ3v) is 3.81. The number of phenols is 1. The highest BCUT2D eigenvalue weighted by Gasteiger charge is 2.22. The van der Waals surface area contributed by atoms with Crippen molar-refractivity contribution in [3.05, 3.63) is 21.7 Å². The summed E-state index contributed by atoms with van der Waals surface area (Å²) in [6, 6.07) is 1.04. The van der Waals surface area contributed by atoms with Crippen LogP contribution in [0.3, 0.4) is 0 Å². The first kappa shape index (κ1) is 12.2. The Labute approximate surface area is 94.6 Å². The predicted molar refractivity (Wildman–Crippen MR) is 55.7 cm³/mol. The van der Waals surface area contributed by atoms with E-state index in [0.29, 0.717) is 6.29 Å². The summed E-state index contributed by atoms with van der Waals surface area (Å²) >= 11 is 2.88. The molecule has 0 spiro atoms. The van der Waals surface area contributed by atoms with Crippen LogP contribution < -0.4 is 0 Å². The van der Waals surface area contributed by atoms with Crippen molar-refractivity contribution in [1.29, 1.82) is 0 Å². The van der Waals surface area contributed by atoms with Crippen LogP contribution in [0.2, 0.25) is 0 Å². The summed E-state index contributed by atoms with van der Waals surface area (Å²) in [7, 11) is -4.43.